The molecule has 2 aromatic heterocycles. The van der Waals surface area contributed by atoms with Crippen molar-refractivity contribution in [3.8, 4) is 11.3 Å². The lowest BCUT2D eigenvalue weighted by Gasteiger charge is -2.19. The molecule has 0 unspecified atom stereocenters. The first-order valence-electron chi connectivity index (χ1n) is 12.2. The summed E-state index contributed by atoms with van der Waals surface area (Å²) in [6.45, 7) is -0.608. The number of ketones is 2. The Bertz CT molecular complexity index is 1870. The second-order valence-corrected chi connectivity index (χ2v) is 9.42. The van der Waals surface area contributed by atoms with Gasteiger partial charge in [-0.25, -0.2) is 9.78 Å². The van der Waals surface area contributed by atoms with E-state index in [9.17, 15) is 19.2 Å². The molecule has 2 heterocycles. The zero-order valence-corrected chi connectivity index (χ0v) is 21.4. The summed E-state index contributed by atoms with van der Waals surface area (Å²) in [5, 5.41) is 3.22. The number of carbonyl (C=O) groups is 4. The summed E-state index contributed by atoms with van der Waals surface area (Å²) >= 11 is 6.35. The van der Waals surface area contributed by atoms with Crippen LogP contribution in [0.15, 0.2) is 91.3 Å². The van der Waals surface area contributed by atoms with Gasteiger partial charge in [0.15, 0.2) is 18.2 Å². The van der Waals surface area contributed by atoms with E-state index in [1.54, 1.807) is 73.1 Å². The van der Waals surface area contributed by atoms with Gasteiger partial charge in [-0.15, -0.1) is 0 Å². The van der Waals surface area contributed by atoms with Crippen molar-refractivity contribution >= 4 is 51.6 Å². The number of aromatic nitrogens is 2. The van der Waals surface area contributed by atoms with Crippen LogP contribution in [0, 0.1) is 0 Å². The number of hydrogen-bond acceptors (Lipinski definition) is 7. The second kappa shape index (κ2) is 10.2. The number of benzene rings is 3. The molecule has 1 aliphatic rings. The van der Waals surface area contributed by atoms with E-state index in [1.807, 2.05) is 6.07 Å². The van der Waals surface area contributed by atoms with Crippen LogP contribution in [0.4, 0.5) is 5.69 Å². The molecule has 0 spiro atoms. The summed E-state index contributed by atoms with van der Waals surface area (Å²) in [7, 11) is 0. The molecule has 0 bridgehead atoms. The molecule has 6 rings (SSSR count). The van der Waals surface area contributed by atoms with Crippen LogP contribution in [0.3, 0.4) is 0 Å². The van der Waals surface area contributed by atoms with Crippen LogP contribution in [0.1, 0.15) is 42.2 Å². The predicted octanol–water partition coefficient (Wildman–Crippen LogP) is 5.52. The molecular formula is C31H18ClN3O5. The van der Waals surface area contributed by atoms with Crippen molar-refractivity contribution in [1.82, 2.24) is 9.97 Å². The van der Waals surface area contributed by atoms with E-state index in [4.69, 9.17) is 16.3 Å². The summed E-state index contributed by atoms with van der Waals surface area (Å²) in [5.41, 5.74) is 3.16. The Morgan fingerprint density at radius 1 is 0.800 bits per heavy atom. The average molecular weight is 548 g/mol. The van der Waals surface area contributed by atoms with Gasteiger partial charge in [0, 0.05) is 45.6 Å². The van der Waals surface area contributed by atoms with E-state index in [0.29, 0.717) is 22.2 Å². The molecule has 3 aromatic carbocycles. The summed E-state index contributed by atoms with van der Waals surface area (Å²) in [4.78, 5) is 60.4. The van der Waals surface area contributed by atoms with Gasteiger partial charge < -0.3 is 10.1 Å². The summed E-state index contributed by atoms with van der Waals surface area (Å²) in [6.07, 6.45) is 3.26. The van der Waals surface area contributed by atoms with Crippen LogP contribution in [0.25, 0.3) is 22.2 Å². The second-order valence-electron chi connectivity index (χ2n) is 9.01. The van der Waals surface area contributed by atoms with Gasteiger partial charge in [0.05, 0.1) is 27.5 Å². The molecule has 194 valence electrons. The minimum atomic E-state index is -0.710. The van der Waals surface area contributed by atoms with Crippen LogP contribution in [0.2, 0.25) is 5.02 Å². The Balaban J connectivity index is 1.22. The Morgan fingerprint density at radius 3 is 2.17 bits per heavy atom. The van der Waals surface area contributed by atoms with Crippen LogP contribution >= 0.6 is 11.6 Å². The molecule has 8 nitrogen and oxygen atoms in total. The van der Waals surface area contributed by atoms with Crippen LogP contribution in [-0.2, 0) is 9.53 Å². The third-order valence-corrected chi connectivity index (χ3v) is 6.85. The van der Waals surface area contributed by atoms with Gasteiger partial charge in [-0.2, -0.15) is 0 Å². The number of esters is 1. The van der Waals surface area contributed by atoms with Crippen LogP contribution in [0.5, 0.6) is 0 Å². The highest BCUT2D eigenvalue weighted by Crippen LogP contribution is 2.33. The topological polar surface area (TPSA) is 115 Å². The third-order valence-electron chi connectivity index (χ3n) is 6.53. The van der Waals surface area contributed by atoms with E-state index in [2.05, 4.69) is 15.3 Å². The average Bonchev–Trinajstić information content (AvgIpc) is 2.99. The van der Waals surface area contributed by atoms with Crippen LogP contribution in [-0.4, -0.2) is 40.0 Å². The molecule has 1 amide bonds. The molecule has 0 saturated carbocycles. The first-order chi connectivity index (χ1) is 19.4. The van der Waals surface area contributed by atoms with Gasteiger partial charge in [-0.05, 0) is 36.4 Å². The first-order valence-corrected chi connectivity index (χ1v) is 12.6. The number of fused-ring (bicyclic) bond motifs is 3. The number of nitrogens with zero attached hydrogens (tertiary/aromatic N) is 2. The minimum Gasteiger partial charge on any atom is -0.452 e. The summed E-state index contributed by atoms with van der Waals surface area (Å²) in [5.74, 6) is -2.05. The Hall–Kier alpha value is -5.21. The van der Waals surface area contributed by atoms with Gasteiger partial charge >= 0.3 is 5.97 Å². The predicted molar refractivity (Wildman–Crippen MR) is 149 cm³/mol. The molecule has 0 saturated heterocycles. The number of nitrogens with one attached hydrogen (secondary N) is 1. The van der Waals surface area contributed by atoms with Crippen molar-refractivity contribution in [2.24, 2.45) is 0 Å². The molecule has 0 fully saturated rings. The SMILES string of the molecule is O=C(COC(=O)c1cc(-c2ccncc2)nc2ccccc12)Nc1cc2c(cc1Cl)C(=O)c1ccccc1C2=O. The van der Waals surface area contributed by atoms with Crippen molar-refractivity contribution in [2.75, 3.05) is 11.9 Å². The fourth-order valence-electron chi connectivity index (χ4n) is 4.62. The number of amides is 1. The zero-order valence-electron chi connectivity index (χ0n) is 20.7. The molecular weight excluding hydrogens is 530 g/mol. The fourth-order valence-corrected chi connectivity index (χ4v) is 4.83. The quantitative estimate of drug-likeness (QED) is 0.282. The highest BCUT2D eigenvalue weighted by atomic mass is 35.5. The highest BCUT2D eigenvalue weighted by molar-refractivity contribution is 6.36. The number of anilines is 1. The summed E-state index contributed by atoms with van der Waals surface area (Å²) < 4.78 is 5.34. The Kier molecular flexibility index (Phi) is 6.37. The fraction of sp³-hybridized carbons (Fsp3) is 0.0323. The maximum Gasteiger partial charge on any atom is 0.339 e. The molecule has 5 aromatic rings. The molecule has 1 aliphatic carbocycles. The van der Waals surface area contributed by atoms with Gasteiger partial charge in [0.25, 0.3) is 5.91 Å². The zero-order chi connectivity index (χ0) is 27.8. The van der Waals surface area contributed by atoms with Crippen molar-refractivity contribution in [3.05, 3.63) is 124 Å². The lowest BCUT2D eigenvalue weighted by Crippen LogP contribution is -2.23. The Morgan fingerprint density at radius 2 is 1.45 bits per heavy atom. The van der Waals surface area contributed by atoms with Crippen molar-refractivity contribution in [2.45, 2.75) is 0 Å². The molecule has 0 radical (unpaired) electrons. The number of ether oxygens (including phenoxy) is 1. The summed E-state index contributed by atoms with van der Waals surface area (Å²) in [6, 6.07) is 21.5. The normalized spacial score (nSPS) is 12.0. The highest BCUT2D eigenvalue weighted by Gasteiger charge is 2.30. The third kappa shape index (κ3) is 4.50. The van der Waals surface area contributed by atoms with E-state index >= 15 is 0 Å². The van der Waals surface area contributed by atoms with E-state index in [-0.39, 0.29) is 44.5 Å². The van der Waals surface area contributed by atoms with E-state index in [0.717, 1.165) is 5.56 Å². The van der Waals surface area contributed by atoms with Gasteiger partial charge in [0.2, 0.25) is 0 Å². The number of rotatable bonds is 5. The van der Waals surface area contributed by atoms with Crippen molar-refractivity contribution < 1.29 is 23.9 Å². The number of carbonyl (C=O) groups excluding carboxylic acids is 4. The van der Waals surface area contributed by atoms with E-state index in [1.165, 1.54) is 12.1 Å². The molecule has 0 atom stereocenters. The van der Waals surface area contributed by atoms with Crippen LogP contribution < -0.4 is 5.32 Å². The molecule has 1 N–H and O–H groups in total. The van der Waals surface area contributed by atoms with Gasteiger partial charge in [-0.3, -0.25) is 19.4 Å². The maximum absolute atomic E-state index is 13.1. The van der Waals surface area contributed by atoms with Crippen molar-refractivity contribution in [1.29, 1.82) is 0 Å². The number of halogens is 1. The largest absolute Gasteiger partial charge is 0.452 e. The standard InChI is InChI=1S/C31H18ClN3O5/c32-24-13-21-22(30(38)20-7-2-1-6-19(20)29(21)37)14-27(24)35-28(36)16-40-31(39)23-15-26(17-9-11-33-12-10-17)34-25-8-4-3-5-18(23)25/h1-15H,16H2,(H,35,36). The number of para-hydroxylation sites is 1. The monoisotopic (exact) mass is 547 g/mol. The van der Waals surface area contributed by atoms with Crippen molar-refractivity contribution in [3.63, 3.8) is 0 Å². The Labute approximate surface area is 232 Å². The molecule has 0 aliphatic heterocycles. The molecule has 9 heteroatoms. The van der Waals surface area contributed by atoms with Gasteiger partial charge in [0.1, 0.15) is 0 Å². The molecule has 40 heavy (non-hydrogen) atoms. The minimum absolute atomic E-state index is 0.0704. The lowest BCUT2D eigenvalue weighted by atomic mass is 9.84. The lowest BCUT2D eigenvalue weighted by molar-refractivity contribution is -0.119. The van der Waals surface area contributed by atoms with E-state index < -0.39 is 18.5 Å². The number of hydrogen-bond donors (Lipinski definition) is 1. The maximum atomic E-state index is 13.1. The van der Waals surface area contributed by atoms with Gasteiger partial charge in [-0.1, -0.05) is 54.1 Å². The first kappa shape index (κ1) is 25.1. The smallest absolute Gasteiger partial charge is 0.339 e. The number of pyridine rings is 2.